The number of benzene rings is 1. The van der Waals surface area contributed by atoms with E-state index < -0.39 is 11.7 Å². The van der Waals surface area contributed by atoms with Crippen LogP contribution in [0.1, 0.15) is 10.4 Å². The number of amides is 1. The number of nitrogens with two attached hydrogens (primary N) is 1. The van der Waals surface area contributed by atoms with Gasteiger partial charge in [-0.05, 0) is 18.2 Å². The lowest BCUT2D eigenvalue weighted by Crippen LogP contribution is -2.14. The largest absolute Gasteiger partial charge is 0.493 e. The van der Waals surface area contributed by atoms with Crippen LogP contribution in [0.5, 0.6) is 11.5 Å². The average Bonchev–Trinajstić information content (AvgIpc) is 2.90. The minimum Gasteiger partial charge on any atom is -0.493 e. The molecule has 0 saturated heterocycles. The van der Waals surface area contributed by atoms with Crippen LogP contribution in [0.15, 0.2) is 28.9 Å². The summed E-state index contributed by atoms with van der Waals surface area (Å²) in [6, 6.07) is 4.43. The molecule has 2 rings (SSSR count). The van der Waals surface area contributed by atoms with Crippen LogP contribution in [-0.2, 0) is 0 Å². The summed E-state index contributed by atoms with van der Waals surface area (Å²) in [4.78, 5) is 11.5. The lowest BCUT2D eigenvalue weighted by atomic mass is 10.0. The molecule has 0 unspecified atom stereocenters. The van der Waals surface area contributed by atoms with E-state index in [-0.39, 0.29) is 28.4 Å². The van der Waals surface area contributed by atoms with E-state index in [4.69, 9.17) is 19.6 Å². The highest BCUT2D eigenvalue weighted by Crippen LogP contribution is 2.39. The van der Waals surface area contributed by atoms with Gasteiger partial charge >= 0.3 is 0 Å². The van der Waals surface area contributed by atoms with Crippen molar-refractivity contribution in [2.45, 2.75) is 0 Å². The van der Waals surface area contributed by atoms with Crippen molar-refractivity contribution < 1.29 is 23.1 Å². The first kappa shape index (κ1) is 12.9. The molecule has 2 aromatic rings. The predicted molar refractivity (Wildman–Crippen MR) is 65.7 cm³/mol. The van der Waals surface area contributed by atoms with Crippen molar-refractivity contribution >= 4 is 5.91 Å². The molecule has 1 aromatic carbocycles. The fourth-order valence-corrected chi connectivity index (χ4v) is 1.81. The number of primary amides is 1. The molecule has 1 amide bonds. The zero-order valence-electron chi connectivity index (χ0n) is 10.4. The zero-order valence-corrected chi connectivity index (χ0v) is 10.4. The molecule has 0 spiro atoms. The van der Waals surface area contributed by atoms with Crippen LogP contribution in [0, 0.1) is 5.82 Å². The van der Waals surface area contributed by atoms with Crippen LogP contribution < -0.4 is 15.2 Å². The molecule has 1 heterocycles. The monoisotopic (exact) mass is 265 g/mol. The van der Waals surface area contributed by atoms with Gasteiger partial charge in [0.1, 0.15) is 5.76 Å². The number of hydrogen-bond donors (Lipinski definition) is 1. The summed E-state index contributed by atoms with van der Waals surface area (Å²) in [7, 11) is 2.64. The molecule has 100 valence electrons. The van der Waals surface area contributed by atoms with Gasteiger partial charge in [0.2, 0.25) is 5.91 Å². The molecular formula is C13H12FNO4. The Bertz CT molecular complexity index is 608. The molecule has 0 atom stereocenters. The van der Waals surface area contributed by atoms with Crippen LogP contribution in [0.4, 0.5) is 4.39 Å². The number of carbonyl (C=O) groups excluding carboxylic acids is 1. The number of ether oxygens (including phenoxy) is 2. The van der Waals surface area contributed by atoms with Crippen molar-refractivity contribution in [1.29, 1.82) is 0 Å². The molecule has 0 saturated carbocycles. The first-order chi connectivity index (χ1) is 9.10. The highest BCUT2D eigenvalue weighted by molar-refractivity contribution is 6.00. The van der Waals surface area contributed by atoms with Crippen LogP contribution in [0.3, 0.4) is 0 Å². The molecule has 2 N–H and O–H groups in total. The van der Waals surface area contributed by atoms with E-state index in [1.54, 1.807) is 6.07 Å². The Morgan fingerprint density at radius 2 is 2.11 bits per heavy atom. The van der Waals surface area contributed by atoms with E-state index in [0.717, 1.165) is 0 Å². The Labute approximate surface area is 108 Å². The molecule has 0 radical (unpaired) electrons. The Hall–Kier alpha value is -2.50. The molecule has 6 heteroatoms. The predicted octanol–water partition coefficient (Wildman–Crippen LogP) is 2.20. The van der Waals surface area contributed by atoms with E-state index in [1.165, 1.54) is 32.6 Å². The van der Waals surface area contributed by atoms with Gasteiger partial charge in [0.05, 0.1) is 31.6 Å². The normalized spacial score (nSPS) is 10.3. The molecule has 5 nitrogen and oxygen atoms in total. The highest BCUT2D eigenvalue weighted by Gasteiger charge is 2.24. The van der Waals surface area contributed by atoms with E-state index in [2.05, 4.69) is 0 Å². The minimum atomic E-state index is -0.786. The lowest BCUT2D eigenvalue weighted by molar-refractivity contribution is 0.1000. The maximum atomic E-state index is 14.4. The summed E-state index contributed by atoms with van der Waals surface area (Å²) < 4.78 is 29.5. The number of rotatable bonds is 4. The Balaban J connectivity index is 2.80. The van der Waals surface area contributed by atoms with Gasteiger partial charge in [-0.1, -0.05) is 0 Å². The van der Waals surface area contributed by atoms with Crippen molar-refractivity contribution in [3.8, 4) is 22.8 Å². The van der Waals surface area contributed by atoms with Crippen molar-refractivity contribution in [2.24, 2.45) is 5.73 Å². The Morgan fingerprint density at radius 1 is 1.37 bits per heavy atom. The Morgan fingerprint density at radius 3 is 2.58 bits per heavy atom. The van der Waals surface area contributed by atoms with E-state index in [1.807, 2.05) is 0 Å². The van der Waals surface area contributed by atoms with Crippen molar-refractivity contribution in [2.75, 3.05) is 14.2 Å². The van der Waals surface area contributed by atoms with Crippen molar-refractivity contribution in [1.82, 2.24) is 0 Å². The standard InChI is InChI=1S/C13H12FNO4/c1-17-9-6-7(13(15)16)10(8-4-3-5-19-8)11(14)12(9)18-2/h3-6H,1-2H3,(H2,15,16). The van der Waals surface area contributed by atoms with Gasteiger partial charge in [-0.25, -0.2) is 4.39 Å². The number of furan rings is 1. The second-order valence-electron chi connectivity index (χ2n) is 3.69. The number of methoxy groups -OCH3 is 2. The topological polar surface area (TPSA) is 74.7 Å². The molecule has 0 bridgehead atoms. The first-order valence-corrected chi connectivity index (χ1v) is 5.38. The van der Waals surface area contributed by atoms with E-state index in [9.17, 15) is 9.18 Å². The smallest absolute Gasteiger partial charge is 0.249 e. The summed E-state index contributed by atoms with van der Waals surface area (Å²) >= 11 is 0. The van der Waals surface area contributed by atoms with E-state index in [0.29, 0.717) is 0 Å². The maximum absolute atomic E-state index is 14.4. The fourth-order valence-electron chi connectivity index (χ4n) is 1.81. The third-order valence-electron chi connectivity index (χ3n) is 2.64. The summed E-state index contributed by atoms with van der Waals surface area (Å²) in [6.45, 7) is 0. The molecule has 0 aliphatic rings. The molecular weight excluding hydrogens is 253 g/mol. The Kier molecular flexibility index (Phi) is 3.41. The second-order valence-corrected chi connectivity index (χ2v) is 3.69. The second kappa shape index (κ2) is 5.01. The summed E-state index contributed by atoms with van der Waals surface area (Å²) in [5.74, 6) is -1.38. The highest BCUT2D eigenvalue weighted by atomic mass is 19.1. The van der Waals surface area contributed by atoms with Gasteiger partial charge in [0.25, 0.3) is 0 Å². The zero-order chi connectivity index (χ0) is 14.0. The van der Waals surface area contributed by atoms with Gasteiger partial charge in [-0.2, -0.15) is 0 Å². The van der Waals surface area contributed by atoms with Crippen LogP contribution in [-0.4, -0.2) is 20.1 Å². The van der Waals surface area contributed by atoms with Gasteiger partial charge in [0, 0.05) is 0 Å². The lowest BCUT2D eigenvalue weighted by Gasteiger charge is -2.13. The summed E-state index contributed by atoms with van der Waals surface area (Å²) in [5.41, 5.74) is 5.18. The average molecular weight is 265 g/mol. The summed E-state index contributed by atoms with van der Waals surface area (Å²) in [5, 5.41) is 0. The SMILES string of the molecule is COc1cc(C(N)=O)c(-c2ccco2)c(F)c1OC. The molecule has 0 aliphatic carbocycles. The van der Waals surface area contributed by atoms with Gasteiger partial charge in [-0.3, -0.25) is 4.79 Å². The van der Waals surface area contributed by atoms with Crippen LogP contribution in [0.2, 0.25) is 0 Å². The van der Waals surface area contributed by atoms with E-state index >= 15 is 0 Å². The first-order valence-electron chi connectivity index (χ1n) is 5.38. The molecule has 19 heavy (non-hydrogen) atoms. The summed E-state index contributed by atoms with van der Waals surface area (Å²) in [6.07, 6.45) is 1.37. The molecule has 0 fully saturated rings. The number of halogens is 1. The van der Waals surface area contributed by atoms with Gasteiger partial charge in [-0.15, -0.1) is 0 Å². The van der Waals surface area contributed by atoms with Crippen LogP contribution in [0.25, 0.3) is 11.3 Å². The maximum Gasteiger partial charge on any atom is 0.249 e. The van der Waals surface area contributed by atoms with Crippen molar-refractivity contribution in [3.63, 3.8) is 0 Å². The van der Waals surface area contributed by atoms with Gasteiger partial charge < -0.3 is 19.6 Å². The molecule has 1 aromatic heterocycles. The third-order valence-corrected chi connectivity index (χ3v) is 2.64. The van der Waals surface area contributed by atoms with Crippen LogP contribution >= 0.6 is 0 Å². The number of carbonyl (C=O) groups is 1. The van der Waals surface area contributed by atoms with Crippen molar-refractivity contribution in [3.05, 3.63) is 35.8 Å². The third kappa shape index (κ3) is 2.12. The minimum absolute atomic E-state index is 0.0369. The number of hydrogen-bond acceptors (Lipinski definition) is 4. The molecule has 0 aliphatic heterocycles. The van der Waals surface area contributed by atoms with Gasteiger partial charge in [0.15, 0.2) is 17.3 Å². The fraction of sp³-hybridized carbons (Fsp3) is 0.154. The quantitative estimate of drug-likeness (QED) is 0.919.